The van der Waals surface area contributed by atoms with Crippen LogP contribution in [0.2, 0.25) is 5.02 Å². The van der Waals surface area contributed by atoms with Gasteiger partial charge in [-0.25, -0.2) is 14.4 Å². The van der Waals surface area contributed by atoms with Crippen molar-refractivity contribution in [3.05, 3.63) is 58.6 Å². The molecule has 2 rings (SSSR count). The Morgan fingerprint density at radius 3 is 2.00 bits per heavy atom. The van der Waals surface area contributed by atoms with E-state index in [2.05, 4.69) is 10.6 Å². The van der Waals surface area contributed by atoms with Crippen LogP contribution in [0.15, 0.2) is 42.5 Å². The fraction of sp³-hybridized carbons (Fsp3) is 0.211. The van der Waals surface area contributed by atoms with Crippen LogP contribution in [-0.2, 0) is 9.47 Å². The fourth-order valence-electron chi connectivity index (χ4n) is 2.16. The first-order valence-corrected chi connectivity index (χ1v) is 8.64. The highest BCUT2D eigenvalue weighted by atomic mass is 35.5. The molecule has 2 amide bonds. The summed E-state index contributed by atoms with van der Waals surface area (Å²) in [5, 5.41) is 5.41. The summed E-state index contributed by atoms with van der Waals surface area (Å²) >= 11 is 6.06. The van der Waals surface area contributed by atoms with Crippen molar-refractivity contribution in [2.24, 2.45) is 0 Å². The number of hydrogen-bond acceptors (Lipinski definition) is 5. The van der Waals surface area contributed by atoms with Crippen LogP contribution in [0.3, 0.4) is 0 Å². The van der Waals surface area contributed by atoms with E-state index >= 15 is 0 Å². The van der Waals surface area contributed by atoms with Gasteiger partial charge in [0.2, 0.25) is 0 Å². The topological polar surface area (TPSA) is 93.7 Å². The van der Waals surface area contributed by atoms with Gasteiger partial charge in [-0.15, -0.1) is 0 Å². The van der Waals surface area contributed by atoms with E-state index in [9.17, 15) is 14.4 Å². The van der Waals surface area contributed by atoms with E-state index in [1.165, 1.54) is 12.1 Å². The molecule has 0 aromatic heterocycles. The van der Waals surface area contributed by atoms with E-state index in [4.69, 9.17) is 21.1 Å². The summed E-state index contributed by atoms with van der Waals surface area (Å²) in [6, 6.07) is 10.3. The summed E-state index contributed by atoms with van der Waals surface area (Å²) in [4.78, 5) is 35.4. The molecule has 27 heavy (non-hydrogen) atoms. The van der Waals surface area contributed by atoms with Gasteiger partial charge in [-0.2, -0.15) is 0 Å². The molecule has 0 aliphatic rings. The second-order valence-electron chi connectivity index (χ2n) is 5.29. The molecule has 7 nitrogen and oxygen atoms in total. The zero-order valence-corrected chi connectivity index (χ0v) is 15.6. The first kappa shape index (κ1) is 20.3. The first-order chi connectivity index (χ1) is 12.9. The number of benzene rings is 2. The first-order valence-electron chi connectivity index (χ1n) is 8.26. The third-order valence-corrected chi connectivity index (χ3v) is 3.69. The molecule has 0 spiro atoms. The van der Waals surface area contributed by atoms with E-state index in [-0.39, 0.29) is 17.2 Å². The summed E-state index contributed by atoms with van der Waals surface area (Å²) in [7, 11) is 0. The zero-order chi connectivity index (χ0) is 19.8. The van der Waals surface area contributed by atoms with Crippen LogP contribution in [0, 0.1) is 0 Å². The Balaban J connectivity index is 1.98. The highest BCUT2D eigenvalue weighted by Gasteiger charge is 2.13. The predicted molar refractivity (Wildman–Crippen MR) is 102 cm³/mol. The number of carbonyl (C=O) groups excluding carboxylic acids is 3. The molecular weight excluding hydrogens is 372 g/mol. The van der Waals surface area contributed by atoms with Gasteiger partial charge in [-0.3, -0.25) is 0 Å². The molecule has 0 aliphatic heterocycles. The quantitative estimate of drug-likeness (QED) is 0.715. The van der Waals surface area contributed by atoms with Crippen molar-refractivity contribution in [3.63, 3.8) is 0 Å². The number of rotatable bonds is 6. The van der Waals surface area contributed by atoms with Gasteiger partial charge < -0.3 is 20.1 Å². The standard InChI is InChI=1S/C19H19ClN2O5/c1-3-26-17(23)12-5-7-13(8-6-12)21-19(25)22-14-9-10-15(16(20)11-14)18(24)27-4-2/h5-11H,3-4H2,1-2H3,(H2,21,22,25). The van der Waals surface area contributed by atoms with Crippen LogP contribution in [0.5, 0.6) is 0 Å². The van der Waals surface area contributed by atoms with Gasteiger partial charge in [-0.05, 0) is 56.3 Å². The van der Waals surface area contributed by atoms with E-state index in [1.807, 2.05) is 0 Å². The SMILES string of the molecule is CCOC(=O)c1ccc(NC(=O)Nc2ccc(C(=O)OCC)c(Cl)c2)cc1. The van der Waals surface area contributed by atoms with Gasteiger partial charge in [0.25, 0.3) is 0 Å². The van der Waals surface area contributed by atoms with Gasteiger partial charge in [0.1, 0.15) is 0 Å². The molecular formula is C19H19ClN2O5. The van der Waals surface area contributed by atoms with Gasteiger partial charge in [-0.1, -0.05) is 11.6 Å². The van der Waals surface area contributed by atoms with Crippen molar-refractivity contribution < 1.29 is 23.9 Å². The Morgan fingerprint density at radius 2 is 1.41 bits per heavy atom. The second-order valence-corrected chi connectivity index (χ2v) is 5.70. The Labute approximate surface area is 161 Å². The lowest BCUT2D eigenvalue weighted by Gasteiger charge is -2.10. The smallest absolute Gasteiger partial charge is 0.339 e. The predicted octanol–water partition coefficient (Wildman–Crippen LogP) is 4.34. The lowest BCUT2D eigenvalue weighted by Crippen LogP contribution is -2.19. The lowest BCUT2D eigenvalue weighted by atomic mass is 10.2. The highest BCUT2D eigenvalue weighted by molar-refractivity contribution is 6.34. The van der Waals surface area contributed by atoms with E-state index < -0.39 is 18.0 Å². The third-order valence-electron chi connectivity index (χ3n) is 3.38. The number of halogens is 1. The molecule has 142 valence electrons. The lowest BCUT2D eigenvalue weighted by molar-refractivity contribution is 0.0517. The molecule has 0 saturated carbocycles. The van der Waals surface area contributed by atoms with Crippen molar-refractivity contribution in [1.82, 2.24) is 0 Å². The number of nitrogens with one attached hydrogen (secondary N) is 2. The van der Waals surface area contributed by atoms with Gasteiger partial charge in [0.15, 0.2) is 0 Å². The van der Waals surface area contributed by atoms with E-state index in [0.29, 0.717) is 23.5 Å². The molecule has 0 atom stereocenters. The third kappa shape index (κ3) is 5.72. The molecule has 8 heteroatoms. The number of anilines is 2. The maximum Gasteiger partial charge on any atom is 0.339 e. The second kappa shape index (κ2) is 9.59. The van der Waals surface area contributed by atoms with Crippen LogP contribution in [0.1, 0.15) is 34.6 Å². The molecule has 2 N–H and O–H groups in total. The van der Waals surface area contributed by atoms with Crippen molar-refractivity contribution in [2.45, 2.75) is 13.8 Å². The maximum atomic E-state index is 12.1. The largest absolute Gasteiger partial charge is 0.462 e. The highest BCUT2D eigenvalue weighted by Crippen LogP contribution is 2.22. The molecule has 0 aliphatic carbocycles. The van der Waals surface area contributed by atoms with Crippen molar-refractivity contribution in [3.8, 4) is 0 Å². The molecule has 2 aromatic rings. The number of hydrogen-bond donors (Lipinski definition) is 2. The number of carbonyl (C=O) groups is 3. The molecule has 0 saturated heterocycles. The van der Waals surface area contributed by atoms with Crippen LogP contribution >= 0.6 is 11.6 Å². The summed E-state index contributed by atoms with van der Waals surface area (Å²) in [5.74, 6) is -0.954. The summed E-state index contributed by atoms with van der Waals surface area (Å²) in [5.41, 5.74) is 1.52. The van der Waals surface area contributed by atoms with Crippen molar-refractivity contribution >= 4 is 40.9 Å². The summed E-state index contributed by atoms with van der Waals surface area (Å²) in [6.07, 6.45) is 0. The molecule has 0 bridgehead atoms. The summed E-state index contributed by atoms with van der Waals surface area (Å²) in [6.45, 7) is 3.96. The number of esters is 2. The van der Waals surface area contributed by atoms with Crippen molar-refractivity contribution in [1.29, 1.82) is 0 Å². The average molecular weight is 391 g/mol. The fourth-order valence-corrected chi connectivity index (χ4v) is 2.42. The summed E-state index contributed by atoms with van der Waals surface area (Å²) < 4.78 is 9.79. The molecule has 0 heterocycles. The molecule has 0 radical (unpaired) electrons. The number of amides is 2. The van der Waals surface area contributed by atoms with Crippen molar-refractivity contribution in [2.75, 3.05) is 23.8 Å². The number of ether oxygens (including phenoxy) is 2. The minimum absolute atomic E-state index is 0.171. The Bertz CT molecular complexity index is 836. The number of urea groups is 1. The van der Waals surface area contributed by atoms with Crippen LogP contribution in [-0.4, -0.2) is 31.2 Å². The average Bonchev–Trinajstić information content (AvgIpc) is 2.62. The molecule has 0 fully saturated rings. The Morgan fingerprint density at radius 1 is 0.852 bits per heavy atom. The van der Waals surface area contributed by atoms with Gasteiger partial charge >= 0.3 is 18.0 Å². The van der Waals surface area contributed by atoms with Crippen LogP contribution < -0.4 is 10.6 Å². The van der Waals surface area contributed by atoms with Gasteiger partial charge in [0.05, 0.1) is 29.4 Å². The van der Waals surface area contributed by atoms with E-state index in [0.717, 1.165) is 0 Å². The molecule has 2 aromatic carbocycles. The Hall–Kier alpha value is -3.06. The van der Waals surface area contributed by atoms with Crippen LogP contribution in [0.4, 0.5) is 16.2 Å². The minimum atomic E-state index is -0.528. The maximum absolute atomic E-state index is 12.1. The normalized spacial score (nSPS) is 10.0. The van der Waals surface area contributed by atoms with Crippen LogP contribution in [0.25, 0.3) is 0 Å². The molecule has 0 unspecified atom stereocenters. The zero-order valence-electron chi connectivity index (χ0n) is 14.9. The monoisotopic (exact) mass is 390 g/mol. The minimum Gasteiger partial charge on any atom is -0.462 e. The van der Waals surface area contributed by atoms with Gasteiger partial charge in [0, 0.05) is 11.4 Å². The Kier molecular flexibility index (Phi) is 7.19. The van der Waals surface area contributed by atoms with E-state index in [1.54, 1.807) is 44.2 Å².